The monoisotopic (exact) mass is 412 g/mol. The summed E-state index contributed by atoms with van der Waals surface area (Å²) >= 11 is 0. The van der Waals surface area contributed by atoms with Gasteiger partial charge in [-0.1, -0.05) is 43.2 Å². The van der Waals surface area contributed by atoms with Crippen molar-refractivity contribution in [1.29, 1.82) is 0 Å². The van der Waals surface area contributed by atoms with E-state index >= 15 is 0 Å². The van der Waals surface area contributed by atoms with Crippen molar-refractivity contribution < 1.29 is 14.3 Å². The van der Waals surface area contributed by atoms with E-state index < -0.39 is 5.60 Å². The van der Waals surface area contributed by atoms with Crippen LogP contribution in [0, 0.1) is 11.3 Å². The first kappa shape index (κ1) is 21.2. The topological polar surface area (TPSA) is 49.9 Å². The number of carbonyl (C=O) groups excluding carboxylic acids is 2. The van der Waals surface area contributed by atoms with Crippen LogP contribution in [0.3, 0.4) is 0 Å². The maximum atomic E-state index is 12.8. The molecule has 2 atom stereocenters. The zero-order valence-corrected chi connectivity index (χ0v) is 18.7. The van der Waals surface area contributed by atoms with E-state index in [9.17, 15) is 9.59 Å². The van der Waals surface area contributed by atoms with Crippen LogP contribution >= 0.6 is 0 Å². The van der Waals surface area contributed by atoms with Crippen molar-refractivity contribution >= 4 is 12.0 Å². The lowest BCUT2D eigenvalue weighted by Crippen LogP contribution is -2.53. The molecule has 1 spiro atoms. The fourth-order valence-corrected chi connectivity index (χ4v) is 5.78. The zero-order valence-electron chi connectivity index (χ0n) is 18.7. The summed E-state index contributed by atoms with van der Waals surface area (Å²) in [7, 11) is 0. The summed E-state index contributed by atoms with van der Waals surface area (Å²) in [6.45, 7) is 8.93. The lowest BCUT2D eigenvalue weighted by Gasteiger charge is -2.47. The molecule has 3 fully saturated rings. The van der Waals surface area contributed by atoms with Gasteiger partial charge < -0.3 is 14.5 Å². The molecule has 1 aromatic carbocycles. The summed E-state index contributed by atoms with van der Waals surface area (Å²) < 4.78 is 5.65. The highest BCUT2D eigenvalue weighted by Crippen LogP contribution is 2.49. The molecule has 2 saturated heterocycles. The molecule has 0 bridgehead atoms. The van der Waals surface area contributed by atoms with Crippen molar-refractivity contribution in [3.8, 4) is 0 Å². The number of hydrogen-bond acceptors (Lipinski definition) is 3. The Morgan fingerprint density at radius 3 is 2.53 bits per heavy atom. The molecule has 5 nitrogen and oxygen atoms in total. The number of likely N-dealkylation sites (tertiary alicyclic amines) is 2. The Balaban J connectivity index is 1.43. The van der Waals surface area contributed by atoms with Crippen molar-refractivity contribution in [1.82, 2.24) is 9.80 Å². The van der Waals surface area contributed by atoms with Crippen LogP contribution in [0.2, 0.25) is 0 Å². The van der Waals surface area contributed by atoms with E-state index in [2.05, 4.69) is 29.2 Å². The molecule has 3 aliphatic rings. The molecule has 2 aliphatic heterocycles. The van der Waals surface area contributed by atoms with Gasteiger partial charge in [0.2, 0.25) is 5.91 Å². The third-order valence-corrected chi connectivity index (χ3v) is 7.30. The molecule has 1 aromatic rings. The van der Waals surface area contributed by atoms with Crippen LogP contribution in [0.25, 0.3) is 0 Å². The highest BCUT2D eigenvalue weighted by Gasteiger charge is 2.48. The van der Waals surface area contributed by atoms with Gasteiger partial charge in [0.15, 0.2) is 0 Å². The number of hydrogen-bond donors (Lipinski definition) is 0. The molecule has 5 heteroatoms. The molecule has 1 aliphatic carbocycles. The summed E-state index contributed by atoms with van der Waals surface area (Å²) in [5.74, 6) is 1.06. The number of carbonyl (C=O) groups is 2. The summed E-state index contributed by atoms with van der Waals surface area (Å²) in [6.07, 6.45) is 6.14. The van der Waals surface area contributed by atoms with E-state index in [0.717, 1.165) is 45.4 Å². The van der Waals surface area contributed by atoms with Crippen molar-refractivity contribution in [3.63, 3.8) is 0 Å². The SMILES string of the molecule is CC(C)(C)OC(=O)N1CCC(CN2C[C@@H](c3ccccc3)CC2=O)C2(CCCC2)C1. The second-order valence-electron chi connectivity index (χ2n) is 10.6. The maximum absolute atomic E-state index is 12.8. The molecular formula is C25H36N2O3. The van der Waals surface area contributed by atoms with Crippen LogP contribution in [0.15, 0.2) is 30.3 Å². The van der Waals surface area contributed by atoms with Crippen molar-refractivity contribution in [2.24, 2.45) is 11.3 Å². The number of benzene rings is 1. The van der Waals surface area contributed by atoms with E-state index in [4.69, 9.17) is 4.74 Å². The Bertz CT molecular complexity index is 764. The van der Waals surface area contributed by atoms with Gasteiger partial charge in [-0.05, 0) is 56.9 Å². The van der Waals surface area contributed by atoms with Gasteiger partial charge in [0, 0.05) is 38.5 Å². The lowest BCUT2D eigenvalue weighted by atomic mass is 9.69. The van der Waals surface area contributed by atoms with E-state index in [1.54, 1.807) is 0 Å². The van der Waals surface area contributed by atoms with Crippen LogP contribution in [0.1, 0.15) is 70.8 Å². The van der Waals surface area contributed by atoms with E-state index in [-0.39, 0.29) is 17.4 Å². The fraction of sp³-hybridized carbons (Fsp3) is 0.680. The average molecular weight is 413 g/mol. The number of amides is 2. The first-order valence-electron chi connectivity index (χ1n) is 11.6. The van der Waals surface area contributed by atoms with E-state index in [1.165, 1.54) is 18.4 Å². The Morgan fingerprint density at radius 2 is 1.87 bits per heavy atom. The van der Waals surface area contributed by atoms with Crippen LogP contribution in [0.5, 0.6) is 0 Å². The number of piperidine rings is 1. The Hall–Kier alpha value is -2.04. The zero-order chi connectivity index (χ0) is 21.4. The van der Waals surface area contributed by atoms with Gasteiger partial charge >= 0.3 is 6.09 Å². The smallest absolute Gasteiger partial charge is 0.410 e. The summed E-state index contributed by atoms with van der Waals surface area (Å²) in [5, 5.41) is 0. The average Bonchev–Trinajstić information content (AvgIpc) is 3.30. The van der Waals surface area contributed by atoms with Crippen LogP contribution < -0.4 is 0 Å². The normalized spacial score (nSPS) is 26.4. The lowest BCUT2D eigenvalue weighted by molar-refractivity contribution is -0.129. The number of ether oxygens (including phenoxy) is 1. The maximum Gasteiger partial charge on any atom is 0.410 e. The van der Waals surface area contributed by atoms with Crippen molar-refractivity contribution in [2.45, 2.75) is 70.8 Å². The fourth-order valence-electron chi connectivity index (χ4n) is 5.78. The van der Waals surface area contributed by atoms with Gasteiger partial charge in [0.05, 0.1) is 0 Å². The predicted octanol–water partition coefficient (Wildman–Crippen LogP) is 4.82. The van der Waals surface area contributed by atoms with Crippen LogP contribution in [-0.2, 0) is 9.53 Å². The highest BCUT2D eigenvalue weighted by molar-refractivity contribution is 5.79. The number of rotatable bonds is 3. The van der Waals surface area contributed by atoms with Gasteiger partial charge in [0.25, 0.3) is 0 Å². The van der Waals surface area contributed by atoms with Gasteiger partial charge in [0.1, 0.15) is 5.60 Å². The summed E-state index contributed by atoms with van der Waals surface area (Å²) in [5.41, 5.74) is 0.939. The Morgan fingerprint density at radius 1 is 1.17 bits per heavy atom. The second-order valence-corrected chi connectivity index (χ2v) is 10.6. The van der Waals surface area contributed by atoms with Crippen molar-refractivity contribution in [3.05, 3.63) is 35.9 Å². The molecule has 2 heterocycles. The quantitative estimate of drug-likeness (QED) is 0.715. The third kappa shape index (κ3) is 4.50. The Kier molecular flexibility index (Phi) is 5.82. The van der Waals surface area contributed by atoms with Crippen LogP contribution in [0.4, 0.5) is 4.79 Å². The van der Waals surface area contributed by atoms with Gasteiger partial charge in [-0.2, -0.15) is 0 Å². The highest BCUT2D eigenvalue weighted by atomic mass is 16.6. The molecule has 164 valence electrons. The minimum absolute atomic E-state index is 0.139. The van der Waals surface area contributed by atoms with Gasteiger partial charge in [-0.3, -0.25) is 4.79 Å². The second kappa shape index (κ2) is 8.24. The third-order valence-electron chi connectivity index (χ3n) is 7.30. The molecular weight excluding hydrogens is 376 g/mol. The molecule has 0 N–H and O–H groups in total. The molecule has 0 aromatic heterocycles. The molecule has 1 unspecified atom stereocenters. The first-order valence-corrected chi connectivity index (χ1v) is 11.6. The predicted molar refractivity (Wildman–Crippen MR) is 117 cm³/mol. The Labute approximate surface area is 180 Å². The molecule has 2 amide bonds. The van der Waals surface area contributed by atoms with Crippen molar-refractivity contribution in [2.75, 3.05) is 26.2 Å². The van der Waals surface area contributed by atoms with Gasteiger partial charge in [-0.25, -0.2) is 4.79 Å². The first-order chi connectivity index (χ1) is 14.3. The molecule has 0 radical (unpaired) electrons. The minimum Gasteiger partial charge on any atom is -0.444 e. The van der Waals surface area contributed by atoms with E-state index in [0.29, 0.717) is 18.3 Å². The van der Waals surface area contributed by atoms with Gasteiger partial charge in [-0.15, -0.1) is 0 Å². The minimum atomic E-state index is -0.467. The largest absolute Gasteiger partial charge is 0.444 e. The van der Waals surface area contributed by atoms with E-state index in [1.807, 2.05) is 31.7 Å². The number of nitrogens with zero attached hydrogens (tertiary/aromatic N) is 2. The summed E-state index contributed by atoms with van der Waals surface area (Å²) in [4.78, 5) is 29.5. The van der Waals surface area contributed by atoms with Crippen LogP contribution in [-0.4, -0.2) is 53.6 Å². The molecule has 30 heavy (non-hydrogen) atoms. The standard InChI is InChI=1S/C25H36N2O3/c1-24(2,3)30-23(29)26-14-11-21(25(18-26)12-7-8-13-25)17-27-16-20(15-22(27)28)19-9-5-4-6-10-19/h4-6,9-10,20-21H,7-8,11-18H2,1-3H3/t20-,21?/m0/s1. The molecule has 1 saturated carbocycles. The molecule has 4 rings (SSSR count). The summed E-state index contributed by atoms with van der Waals surface area (Å²) in [6, 6.07) is 10.4.